The van der Waals surface area contributed by atoms with Crippen molar-refractivity contribution in [2.45, 2.75) is 26.9 Å². The van der Waals surface area contributed by atoms with Crippen LogP contribution in [0, 0.1) is 6.92 Å². The van der Waals surface area contributed by atoms with Crippen LogP contribution in [0.25, 0.3) is 10.9 Å². The smallest absolute Gasteiger partial charge is 0.175 e. The van der Waals surface area contributed by atoms with Gasteiger partial charge in [-0.3, -0.25) is 0 Å². The SMILES string of the molecule is CCOP(Cc1cn(C)c2ccc(C)cc12)OCC. The average molecular weight is 279 g/mol. The third-order valence-electron chi connectivity index (χ3n) is 3.07. The molecule has 0 amide bonds. The Labute approximate surface area is 116 Å². The van der Waals surface area contributed by atoms with E-state index in [2.05, 4.69) is 42.9 Å². The summed E-state index contributed by atoms with van der Waals surface area (Å²) < 4.78 is 13.6. The lowest BCUT2D eigenvalue weighted by molar-refractivity contribution is 0.268. The number of aromatic nitrogens is 1. The summed E-state index contributed by atoms with van der Waals surface area (Å²) in [5.74, 6) is 0. The number of hydrogen-bond acceptors (Lipinski definition) is 2. The number of rotatable bonds is 6. The summed E-state index contributed by atoms with van der Waals surface area (Å²) >= 11 is 0. The maximum atomic E-state index is 5.71. The minimum absolute atomic E-state index is 0.704. The normalized spacial score (nSPS) is 11.6. The van der Waals surface area contributed by atoms with Crippen LogP contribution < -0.4 is 0 Å². The summed E-state index contributed by atoms with van der Waals surface area (Å²) in [7, 11) is 1.27. The summed E-state index contributed by atoms with van der Waals surface area (Å²) in [6, 6.07) is 6.58. The van der Waals surface area contributed by atoms with E-state index < -0.39 is 8.38 Å². The van der Waals surface area contributed by atoms with Crippen LogP contribution in [0.1, 0.15) is 25.0 Å². The largest absolute Gasteiger partial charge is 0.350 e. The summed E-state index contributed by atoms with van der Waals surface area (Å²) in [5.41, 5.74) is 3.87. The molecule has 2 rings (SSSR count). The van der Waals surface area contributed by atoms with Gasteiger partial charge in [0.1, 0.15) is 0 Å². The molecule has 2 aromatic rings. The summed E-state index contributed by atoms with van der Waals surface area (Å²) in [4.78, 5) is 0. The molecule has 3 nitrogen and oxygen atoms in total. The molecule has 0 saturated heterocycles. The zero-order valence-corrected chi connectivity index (χ0v) is 13.0. The highest BCUT2D eigenvalue weighted by molar-refractivity contribution is 7.46. The molecule has 0 aliphatic carbocycles. The minimum Gasteiger partial charge on any atom is -0.350 e. The highest BCUT2D eigenvalue weighted by Crippen LogP contribution is 2.43. The van der Waals surface area contributed by atoms with Crippen LogP contribution in [0.4, 0.5) is 0 Å². The fourth-order valence-electron chi connectivity index (χ4n) is 2.27. The van der Waals surface area contributed by atoms with E-state index in [0.29, 0.717) is 13.2 Å². The molecule has 4 heteroatoms. The molecular weight excluding hydrogens is 257 g/mol. The Morgan fingerprint density at radius 1 is 1.16 bits per heavy atom. The number of hydrogen-bond donors (Lipinski definition) is 0. The van der Waals surface area contributed by atoms with Gasteiger partial charge in [-0.25, -0.2) is 0 Å². The first-order valence-electron chi connectivity index (χ1n) is 6.73. The van der Waals surface area contributed by atoms with Crippen molar-refractivity contribution in [3.05, 3.63) is 35.5 Å². The highest BCUT2D eigenvalue weighted by atomic mass is 31.2. The second kappa shape index (κ2) is 6.51. The first-order valence-corrected chi connectivity index (χ1v) is 8.09. The van der Waals surface area contributed by atoms with Crippen molar-refractivity contribution in [2.75, 3.05) is 13.2 Å². The van der Waals surface area contributed by atoms with Gasteiger partial charge in [0.05, 0.1) is 13.2 Å². The van der Waals surface area contributed by atoms with E-state index in [9.17, 15) is 0 Å². The molecule has 0 spiro atoms. The number of benzene rings is 1. The lowest BCUT2D eigenvalue weighted by Crippen LogP contribution is -1.93. The highest BCUT2D eigenvalue weighted by Gasteiger charge is 2.14. The van der Waals surface area contributed by atoms with E-state index in [1.165, 1.54) is 22.0 Å². The van der Waals surface area contributed by atoms with Crippen molar-refractivity contribution < 1.29 is 9.05 Å². The summed E-state index contributed by atoms with van der Waals surface area (Å²) in [6.07, 6.45) is 3.05. The van der Waals surface area contributed by atoms with Crippen molar-refractivity contribution in [3.8, 4) is 0 Å². The fourth-order valence-corrected chi connectivity index (χ4v) is 3.63. The first-order chi connectivity index (χ1) is 9.15. The quantitative estimate of drug-likeness (QED) is 0.733. The lowest BCUT2D eigenvalue weighted by atomic mass is 10.1. The monoisotopic (exact) mass is 279 g/mol. The Morgan fingerprint density at radius 2 is 1.84 bits per heavy atom. The topological polar surface area (TPSA) is 23.4 Å². The van der Waals surface area contributed by atoms with Gasteiger partial charge in [0.2, 0.25) is 0 Å². The Kier molecular flexibility index (Phi) is 4.98. The van der Waals surface area contributed by atoms with Crippen molar-refractivity contribution >= 4 is 19.3 Å². The van der Waals surface area contributed by atoms with Crippen LogP contribution in [-0.2, 0) is 22.3 Å². The molecule has 1 heterocycles. The van der Waals surface area contributed by atoms with Gasteiger partial charge in [0.25, 0.3) is 0 Å². The zero-order chi connectivity index (χ0) is 13.8. The third kappa shape index (κ3) is 3.36. The molecule has 0 fully saturated rings. The Balaban J connectivity index is 2.30. The molecule has 0 atom stereocenters. The van der Waals surface area contributed by atoms with Crippen LogP contribution >= 0.6 is 8.38 Å². The van der Waals surface area contributed by atoms with Crippen LogP contribution in [0.3, 0.4) is 0 Å². The molecule has 0 unspecified atom stereocenters. The van der Waals surface area contributed by atoms with E-state index >= 15 is 0 Å². The minimum atomic E-state index is -0.820. The van der Waals surface area contributed by atoms with Gasteiger partial charge in [-0.2, -0.15) is 0 Å². The van der Waals surface area contributed by atoms with Crippen molar-refractivity contribution in [2.24, 2.45) is 7.05 Å². The van der Waals surface area contributed by atoms with E-state index in [1.54, 1.807) is 0 Å². The molecular formula is C15H22NO2P. The standard InChI is InChI=1S/C15H22NO2P/c1-5-17-19(18-6-2)11-13-10-16(4)15-8-7-12(3)9-14(13)15/h7-10H,5-6,11H2,1-4H3. The van der Waals surface area contributed by atoms with Crippen LogP contribution in [0.5, 0.6) is 0 Å². The van der Waals surface area contributed by atoms with Gasteiger partial charge in [-0.15, -0.1) is 0 Å². The molecule has 0 aliphatic heterocycles. The molecule has 0 radical (unpaired) electrons. The summed E-state index contributed by atoms with van der Waals surface area (Å²) in [5, 5.41) is 1.31. The molecule has 0 N–H and O–H groups in total. The lowest BCUT2D eigenvalue weighted by Gasteiger charge is -2.15. The molecule has 0 bridgehead atoms. The Bertz CT molecular complexity index is 544. The molecule has 19 heavy (non-hydrogen) atoms. The maximum absolute atomic E-state index is 5.71. The van der Waals surface area contributed by atoms with Crippen molar-refractivity contribution in [3.63, 3.8) is 0 Å². The zero-order valence-electron chi connectivity index (χ0n) is 12.1. The summed E-state index contributed by atoms with van der Waals surface area (Å²) in [6.45, 7) is 7.57. The van der Waals surface area contributed by atoms with E-state index in [-0.39, 0.29) is 0 Å². The van der Waals surface area contributed by atoms with Crippen LogP contribution in [-0.4, -0.2) is 17.8 Å². The second-order valence-electron chi connectivity index (χ2n) is 4.61. The second-order valence-corrected chi connectivity index (χ2v) is 6.11. The molecule has 1 aromatic carbocycles. The Morgan fingerprint density at radius 3 is 2.47 bits per heavy atom. The van der Waals surface area contributed by atoms with Crippen molar-refractivity contribution in [1.82, 2.24) is 4.57 Å². The molecule has 0 aliphatic rings. The molecule has 0 saturated carbocycles. The van der Waals surface area contributed by atoms with Gasteiger partial charge in [0, 0.05) is 30.3 Å². The van der Waals surface area contributed by atoms with E-state index in [0.717, 1.165) is 6.16 Å². The average Bonchev–Trinajstić information content (AvgIpc) is 2.66. The molecule has 1 aromatic heterocycles. The van der Waals surface area contributed by atoms with Crippen LogP contribution in [0.15, 0.2) is 24.4 Å². The fraction of sp³-hybridized carbons (Fsp3) is 0.467. The van der Waals surface area contributed by atoms with Gasteiger partial charge in [-0.1, -0.05) is 11.6 Å². The van der Waals surface area contributed by atoms with E-state index in [1.807, 2.05) is 13.8 Å². The van der Waals surface area contributed by atoms with Gasteiger partial charge >= 0.3 is 0 Å². The predicted molar refractivity (Wildman–Crippen MR) is 81.5 cm³/mol. The maximum Gasteiger partial charge on any atom is 0.175 e. The van der Waals surface area contributed by atoms with E-state index in [4.69, 9.17) is 9.05 Å². The van der Waals surface area contributed by atoms with Gasteiger partial charge in [-0.05, 0) is 38.5 Å². The van der Waals surface area contributed by atoms with Crippen LogP contribution in [0.2, 0.25) is 0 Å². The molecule has 104 valence electrons. The Hall–Kier alpha value is -0.890. The number of fused-ring (bicyclic) bond motifs is 1. The van der Waals surface area contributed by atoms with Gasteiger partial charge in [0.15, 0.2) is 8.38 Å². The number of nitrogens with zero attached hydrogens (tertiary/aromatic N) is 1. The van der Waals surface area contributed by atoms with Gasteiger partial charge < -0.3 is 13.6 Å². The number of aryl methyl sites for hydroxylation is 2. The third-order valence-corrected chi connectivity index (χ3v) is 4.76. The predicted octanol–water partition coefficient (Wildman–Crippen LogP) is 4.37. The van der Waals surface area contributed by atoms with Crippen molar-refractivity contribution in [1.29, 1.82) is 0 Å². The first kappa shape index (κ1) is 14.5.